The van der Waals surface area contributed by atoms with Crippen molar-refractivity contribution in [3.8, 4) is 11.5 Å². The van der Waals surface area contributed by atoms with Crippen LogP contribution in [0.5, 0.6) is 11.5 Å². The summed E-state index contributed by atoms with van der Waals surface area (Å²) >= 11 is 0. The molecule has 0 heterocycles. The summed E-state index contributed by atoms with van der Waals surface area (Å²) in [7, 11) is -2.02. The molecular formula is C23H23FN2O5S. The van der Waals surface area contributed by atoms with Crippen molar-refractivity contribution in [1.29, 1.82) is 0 Å². The van der Waals surface area contributed by atoms with E-state index in [9.17, 15) is 17.6 Å². The van der Waals surface area contributed by atoms with E-state index in [0.717, 1.165) is 6.26 Å². The molecule has 0 aromatic heterocycles. The van der Waals surface area contributed by atoms with E-state index in [1.54, 1.807) is 55.6 Å². The summed E-state index contributed by atoms with van der Waals surface area (Å²) in [5.41, 5.74) is 1.68. The Kier molecular flexibility index (Phi) is 7.32. The van der Waals surface area contributed by atoms with Gasteiger partial charge in [0, 0.05) is 5.69 Å². The molecule has 9 heteroatoms. The molecule has 0 unspecified atom stereocenters. The van der Waals surface area contributed by atoms with E-state index in [2.05, 4.69) is 5.32 Å². The summed E-state index contributed by atoms with van der Waals surface area (Å²) in [6.07, 6.45) is 1.10. The van der Waals surface area contributed by atoms with Crippen molar-refractivity contribution in [3.05, 3.63) is 84.2 Å². The van der Waals surface area contributed by atoms with Gasteiger partial charge in [-0.15, -0.1) is 0 Å². The van der Waals surface area contributed by atoms with Gasteiger partial charge in [0.05, 0.1) is 25.6 Å². The summed E-state index contributed by atoms with van der Waals surface area (Å²) in [5, 5.41) is 2.71. The van der Waals surface area contributed by atoms with E-state index < -0.39 is 15.8 Å². The third-order valence-electron chi connectivity index (χ3n) is 4.51. The topological polar surface area (TPSA) is 84.9 Å². The summed E-state index contributed by atoms with van der Waals surface area (Å²) in [4.78, 5) is 12.1. The first-order valence-electron chi connectivity index (χ1n) is 9.63. The molecule has 0 aliphatic carbocycles. The van der Waals surface area contributed by atoms with Crippen LogP contribution in [0.25, 0.3) is 0 Å². The number of carbonyl (C=O) groups excluding carboxylic acids is 1. The van der Waals surface area contributed by atoms with E-state index in [-0.39, 0.29) is 19.1 Å². The number of benzene rings is 3. The molecule has 0 saturated heterocycles. The molecule has 3 aromatic carbocycles. The zero-order valence-electron chi connectivity index (χ0n) is 17.6. The highest BCUT2D eigenvalue weighted by Gasteiger charge is 2.18. The minimum Gasteiger partial charge on any atom is -0.497 e. The Bertz CT molecular complexity index is 1150. The molecule has 0 bridgehead atoms. The molecular weight excluding hydrogens is 435 g/mol. The van der Waals surface area contributed by atoms with Crippen molar-refractivity contribution in [2.45, 2.75) is 6.54 Å². The third kappa shape index (κ3) is 6.45. The molecule has 1 N–H and O–H groups in total. The van der Waals surface area contributed by atoms with Crippen LogP contribution >= 0.6 is 0 Å². The Morgan fingerprint density at radius 1 is 0.938 bits per heavy atom. The normalized spacial score (nSPS) is 11.0. The van der Waals surface area contributed by atoms with Crippen molar-refractivity contribution < 1.29 is 27.1 Å². The number of methoxy groups -OCH3 is 1. The maximum absolute atomic E-state index is 13.1. The van der Waals surface area contributed by atoms with Crippen LogP contribution in [-0.4, -0.2) is 34.3 Å². The zero-order valence-corrected chi connectivity index (χ0v) is 18.4. The second kappa shape index (κ2) is 10.1. The molecule has 1 amide bonds. The number of ether oxygens (including phenoxy) is 2. The van der Waals surface area contributed by atoms with Crippen LogP contribution in [0.2, 0.25) is 0 Å². The molecule has 0 spiro atoms. The number of carbonyl (C=O) groups is 1. The Labute approximate surface area is 186 Å². The van der Waals surface area contributed by atoms with Gasteiger partial charge in [-0.05, 0) is 66.2 Å². The van der Waals surface area contributed by atoms with Gasteiger partial charge in [-0.2, -0.15) is 0 Å². The summed E-state index contributed by atoms with van der Waals surface area (Å²) in [6, 6.07) is 18.9. The number of nitrogens with one attached hydrogen (secondary N) is 1. The van der Waals surface area contributed by atoms with Crippen LogP contribution in [0.3, 0.4) is 0 Å². The molecule has 3 rings (SSSR count). The van der Waals surface area contributed by atoms with Crippen molar-refractivity contribution in [2.75, 3.05) is 29.6 Å². The fraction of sp³-hybridized carbons (Fsp3) is 0.174. The van der Waals surface area contributed by atoms with Gasteiger partial charge in [0.1, 0.15) is 17.3 Å². The molecule has 0 aliphatic heterocycles. The molecule has 0 fully saturated rings. The van der Waals surface area contributed by atoms with Crippen molar-refractivity contribution >= 4 is 27.3 Å². The third-order valence-corrected chi connectivity index (χ3v) is 5.65. The van der Waals surface area contributed by atoms with Gasteiger partial charge in [-0.3, -0.25) is 9.10 Å². The lowest BCUT2D eigenvalue weighted by Crippen LogP contribution is -2.29. The summed E-state index contributed by atoms with van der Waals surface area (Å²) in [5.74, 6) is 0.362. The lowest BCUT2D eigenvalue weighted by Gasteiger charge is -2.22. The molecule has 0 aliphatic rings. The lowest BCUT2D eigenvalue weighted by molar-refractivity contribution is -0.118. The molecule has 168 valence electrons. The number of nitrogens with zero attached hydrogens (tertiary/aromatic N) is 1. The number of sulfonamides is 1. The molecule has 3 aromatic rings. The van der Waals surface area contributed by atoms with Gasteiger partial charge < -0.3 is 14.8 Å². The van der Waals surface area contributed by atoms with Crippen LogP contribution in [0.15, 0.2) is 72.8 Å². The van der Waals surface area contributed by atoms with Crippen LogP contribution in [0.4, 0.5) is 15.8 Å². The molecule has 0 atom stereocenters. The smallest absolute Gasteiger partial charge is 0.262 e. The highest BCUT2D eigenvalue weighted by molar-refractivity contribution is 7.92. The Morgan fingerprint density at radius 2 is 1.53 bits per heavy atom. The van der Waals surface area contributed by atoms with Crippen LogP contribution in [0.1, 0.15) is 5.56 Å². The van der Waals surface area contributed by atoms with Gasteiger partial charge in [0.15, 0.2) is 6.61 Å². The van der Waals surface area contributed by atoms with Crippen LogP contribution < -0.4 is 19.1 Å². The molecule has 7 nitrogen and oxygen atoms in total. The second-order valence-corrected chi connectivity index (χ2v) is 8.86. The largest absolute Gasteiger partial charge is 0.497 e. The Morgan fingerprint density at radius 3 is 2.09 bits per heavy atom. The van der Waals surface area contributed by atoms with E-state index in [1.807, 2.05) is 0 Å². The predicted octanol–water partition coefficient (Wildman–Crippen LogP) is 3.82. The summed E-state index contributed by atoms with van der Waals surface area (Å²) in [6.45, 7) is -0.152. The lowest BCUT2D eigenvalue weighted by atomic mass is 10.2. The van der Waals surface area contributed by atoms with E-state index in [4.69, 9.17) is 9.47 Å². The predicted molar refractivity (Wildman–Crippen MR) is 121 cm³/mol. The fourth-order valence-electron chi connectivity index (χ4n) is 2.88. The van der Waals surface area contributed by atoms with E-state index in [1.165, 1.54) is 28.6 Å². The van der Waals surface area contributed by atoms with Crippen molar-refractivity contribution in [2.24, 2.45) is 0 Å². The highest BCUT2D eigenvalue weighted by atomic mass is 32.2. The molecule has 0 saturated carbocycles. The SMILES string of the molecule is COc1ccc(NC(=O)COc2ccc(N(Cc3ccc(F)cc3)S(C)(=O)=O)cc2)cc1. The van der Waals surface area contributed by atoms with Gasteiger partial charge >= 0.3 is 0 Å². The first-order valence-corrected chi connectivity index (χ1v) is 11.5. The van der Waals surface area contributed by atoms with Crippen LogP contribution in [-0.2, 0) is 21.4 Å². The van der Waals surface area contributed by atoms with E-state index in [0.29, 0.717) is 28.4 Å². The monoisotopic (exact) mass is 458 g/mol. The molecule has 0 radical (unpaired) electrons. The summed E-state index contributed by atoms with van der Waals surface area (Å²) < 4.78 is 49.5. The molecule has 32 heavy (non-hydrogen) atoms. The quantitative estimate of drug-likeness (QED) is 0.527. The fourth-order valence-corrected chi connectivity index (χ4v) is 3.77. The van der Waals surface area contributed by atoms with Gasteiger partial charge in [-0.1, -0.05) is 12.1 Å². The van der Waals surface area contributed by atoms with Crippen LogP contribution in [0, 0.1) is 5.82 Å². The van der Waals surface area contributed by atoms with Gasteiger partial charge in [-0.25, -0.2) is 12.8 Å². The number of hydrogen-bond acceptors (Lipinski definition) is 5. The zero-order chi connectivity index (χ0) is 23.1. The first-order chi connectivity index (χ1) is 15.2. The Balaban J connectivity index is 1.61. The van der Waals surface area contributed by atoms with Crippen molar-refractivity contribution in [1.82, 2.24) is 0 Å². The minimum atomic E-state index is -3.58. The number of hydrogen-bond donors (Lipinski definition) is 1. The second-order valence-electron chi connectivity index (χ2n) is 6.96. The van der Waals surface area contributed by atoms with E-state index >= 15 is 0 Å². The number of anilines is 2. The first kappa shape index (κ1) is 23.1. The highest BCUT2D eigenvalue weighted by Crippen LogP contribution is 2.24. The van der Waals surface area contributed by atoms with Gasteiger partial charge in [0.25, 0.3) is 5.91 Å². The maximum atomic E-state index is 13.1. The minimum absolute atomic E-state index is 0.0591. The average molecular weight is 459 g/mol. The number of rotatable bonds is 9. The number of amides is 1. The average Bonchev–Trinajstić information content (AvgIpc) is 2.77. The number of halogens is 1. The maximum Gasteiger partial charge on any atom is 0.262 e. The van der Waals surface area contributed by atoms with Gasteiger partial charge in [0.2, 0.25) is 10.0 Å². The Hall–Kier alpha value is -3.59. The van der Waals surface area contributed by atoms with Crippen molar-refractivity contribution in [3.63, 3.8) is 0 Å². The standard InChI is InChI=1S/C23H23FN2O5S/c1-30-21-11-7-19(8-12-21)25-23(27)16-31-22-13-9-20(10-14-22)26(32(2,28)29)15-17-3-5-18(24)6-4-17/h3-14H,15-16H2,1-2H3,(H,25,27).